The summed E-state index contributed by atoms with van der Waals surface area (Å²) in [5.41, 5.74) is 1.18. The van der Waals surface area contributed by atoms with Crippen LogP contribution in [0.15, 0.2) is 34.8 Å². The number of rotatable bonds is 1. The monoisotopic (exact) mass is 264 g/mol. The summed E-state index contributed by atoms with van der Waals surface area (Å²) >= 11 is 3.39. The maximum absolute atomic E-state index is 10.9. The van der Waals surface area contributed by atoms with Crippen LogP contribution in [0.2, 0.25) is 0 Å². The van der Waals surface area contributed by atoms with Crippen molar-refractivity contribution in [2.24, 2.45) is 0 Å². The highest BCUT2D eigenvalue weighted by atomic mass is 79.9. The predicted molar refractivity (Wildman–Crippen MR) is 63.3 cm³/mol. The molecule has 76 valence electrons. The first-order chi connectivity index (χ1) is 7.09. The van der Waals surface area contributed by atoms with Crippen molar-refractivity contribution in [2.75, 3.05) is 0 Å². The van der Waals surface area contributed by atoms with Crippen LogP contribution in [0.1, 0.15) is 15.9 Å². The second kappa shape index (κ2) is 3.66. The third-order valence-corrected chi connectivity index (χ3v) is 2.97. The van der Waals surface area contributed by atoms with Crippen molar-refractivity contribution in [3.8, 4) is 0 Å². The van der Waals surface area contributed by atoms with Gasteiger partial charge in [-0.25, -0.2) is 4.79 Å². The second-order valence-electron chi connectivity index (χ2n) is 3.41. The van der Waals surface area contributed by atoms with Gasteiger partial charge in [-0.3, -0.25) is 0 Å². The molecule has 0 unspecified atom stereocenters. The van der Waals surface area contributed by atoms with E-state index in [1.807, 2.05) is 31.2 Å². The molecule has 0 bridgehead atoms. The van der Waals surface area contributed by atoms with Gasteiger partial charge in [0.25, 0.3) is 0 Å². The van der Waals surface area contributed by atoms with Crippen molar-refractivity contribution in [3.63, 3.8) is 0 Å². The van der Waals surface area contributed by atoms with E-state index in [2.05, 4.69) is 15.9 Å². The average Bonchev–Trinajstić information content (AvgIpc) is 2.17. The van der Waals surface area contributed by atoms with Crippen molar-refractivity contribution < 1.29 is 9.90 Å². The van der Waals surface area contributed by atoms with Crippen molar-refractivity contribution in [2.45, 2.75) is 6.92 Å². The van der Waals surface area contributed by atoms with Crippen molar-refractivity contribution in [3.05, 3.63) is 45.9 Å². The maximum atomic E-state index is 10.9. The van der Waals surface area contributed by atoms with E-state index in [4.69, 9.17) is 5.11 Å². The second-order valence-corrected chi connectivity index (χ2v) is 4.32. The first-order valence-electron chi connectivity index (χ1n) is 4.52. The molecule has 0 fully saturated rings. The van der Waals surface area contributed by atoms with Crippen LogP contribution in [0.4, 0.5) is 0 Å². The SMILES string of the molecule is Cc1c(C(=O)O)ccc2cc(Br)ccc12. The Hall–Kier alpha value is -1.35. The molecule has 0 radical (unpaired) electrons. The zero-order valence-corrected chi connectivity index (χ0v) is 9.71. The van der Waals surface area contributed by atoms with Gasteiger partial charge in [-0.2, -0.15) is 0 Å². The van der Waals surface area contributed by atoms with Gasteiger partial charge in [0.2, 0.25) is 0 Å². The summed E-state index contributed by atoms with van der Waals surface area (Å²) in [7, 11) is 0. The van der Waals surface area contributed by atoms with Crippen LogP contribution in [0.3, 0.4) is 0 Å². The first kappa shape index (κ1) is 10.2. The van der Waals surface area contributed by atoms with E-state index >= 15 is 0 Å². The number of carboxylic acid groups (broad SMARTS) is 1. The molecule has 0 atom stereocenters. The normalized spacial score (nSPS) is 10.5. The van der Waals surface area contributed by atoms with Crippen LogP contribution >= 0.6 is 15.9 Å². The van der Waals surface area contributed by atoms with Crippen LogP contribution in [0.25, 0.3) is 10.8 Å². The quantitative estimate of drug-likeness (QED) is 0.855. The Balaban J connectivity index is 2.80. The van der Waals surface area contributed by atoms with Gasteiger partial charge in [-0.05, 0) is 41.5 Å². The molecule has 2 aromatic rings. The number of carbonyl (C=O) groups is 1. The molecule has 0 saturated heterocycles. The third kappa shape index (κ3) is 1.75. The number of aromatic carboxylic acids is 1. The highest BCUT2D eigenvalue weighted by Crippen LogP contribution is 2.24. The zero-order valence-electron chi connectivity index (χ0n) is 8.12. The highest BCUT2D eigenvalue weighted by molar-refractivity contribution is 9.10. The van der Waals surface area contributed by atoms with E-state index in [0.717, 1.165) is 20.8 Å². The maximum Gasteiger partial charge on any atom is 0.335 e. The van der Waals surface area contributed by atoms with E-state index in [-0.39, 0.29) is 0 Å². The Bertz CT molecular complexity index is 547. The number of hydrogen-bond acceptors (Lipinski definition) is 1. The van der Waals surface area contributed by atoms with E-state index in [1.165, 1.54) is 0 Å². The standard InChI is InChI=1S/C12H9BrO2/c1-7-10-5-3-9(13)6-8(10)2-4-11(7)12(14)15/h2-6H,1H3,(H,14,15). The molecule has 0 amide bonds. The summed E-state index contributed by atoms with van der Waals surface area (Å²) in [6.45, 7) is 1.83. The molecular formula is C12H9BrO2. The molecule has 0 saturated carbocycles. The molecule has 3 heteroatoms. The lowest BCUT2D eigenvalue weighted by Crippen LogP contribution is -1.99. The summed E-state index contributed by atoms with van der Waals surface area (Å²) < 4.78 is 0.998. The lowest BCUT2D eigenvalue weighted by Gasteiger charge is -2.06. The van der Waals surface area contributed by atoms with Crippen molar-refractivity contribution in [1.29, 1.82) is 0 Å². The van der Waals surface area contributed by atoms with Crippen LogP contribution in [-0.2, 0) is 0 Å². The number of benzene rings is 2. The molecule has 0 spiro atoms. The first-order valence-corrected chi connectivity index (χ1v) is 5.31. The molecule has 0 aliphatic rings. The zero-order chi connectivity index (χ0) is 11.0. The lowest BCUT2D eigenvalue weighted by molar-refractivity contribution is 0.0696. The molecule has 1 N–H and O–H groups in total. The predicted octanol–water partition coefficient (Wildman–Crippen LogP) is 3.61. The number of fused-ring (bicyclic) bond motifs is 1. The number of aryl methyl sites for hydroxylation is 1. The molecular weight excluding hydrogens is 256 g/mol. The summed E-state index contributed by atoms with van der Waals surface area (Å²) in [6.07, 6.45) is 0. The van der Waals surface area contributed by atoms with Crippen molar-refractivity contribution >= 4 is 32.7 Å². The Kier molecular flexibility index (Phi) is 2.49. The Morgan fingerprint density at radius 1 is 1.27 bits per heavy atom. The summed E-state index contributed by atoms with van der Waals surface area (Å²) in [6, 6.07) is 9.30. The van der Waals surface area contributed by atoms with Crippen LogP contribution in [-0.4, -0.2) is 11.1 Å². The summed E-state index contributed by atoms with van der Waals surface area (Å²) in [4.78, 5) is 10.9. The molecule has 0 aromatic heterocycles. The highest BCUT2D eigenvalue weighted by Gasteiger charge is 2.09. The molecule has 15 heavy (non-hydrogen) atoms. The molecule has 0 heterocycles. The Morgan fingerprint density at radius 3 is 2.67 bits per heavy atom. The van der Waals surface area contributed by atoms with Gasteiger partial charge < -0.3 is 5.11 Å². The average molecular weight is 265 g/mol. The van der Waals surface area contributed by atoms with E-state index in [1.54, 1.807) is 6.07 Å². The van der Waals surface area contributed by atoms with Gasteiger partial charge >= 0.3 is 5.97 Å². The minimum atomic E-state index is -0.877. The van der Waals surface area contributed by atoms with Gasteiger partial charge in [0, 0.05) is 4.47 Å². The largest absolute Gasteiger partial charge is 0.478 e. The lowest BCUT2D eigenvalue weighted by atomic mass is 10.0. The van der Waals surface area contributed by atoms with Crippen LogP contribution < -0.4 is 0 Å². The smallest absolute Gasteiger partial charge is 0.335 e. The van der Waals surface area contributed by atoms with Gasteiger partial charge in [-0.15, -0.1) is 0 Å². The third-order valence-electron chi connectivity index (χ3n) is 2.48. The molecule has 0 aliphatic heterocycles. The topological polar surface area (TPSA) is 37.3 Å². The molecule has 0 aliphatic carbocycles. The minimum Gasteiger partial charge on any atom is -0.478 e. The number of carboxylic acids is 1. The van der Waals surface area contributed by atoms with Crippen LogP contribution in [0.5, 0.6) is 0 Å². The fourth-order valence-electron chi connectivity index (χ4n) is 1.69. The Labute approximate surface area is 95.7 Å². The molecule has 2 nitrogen and oxygen atoms in total. The number of hydrogen-bond donors (Lipinski definition) is 1. The van der Waals surface area contributed by atoms with Crippen molar-refractivity contribution in [1.82, 2.24) is 0 Å². The van der Waals surface area contributed by atoms with E-state index < -0.39 is 5.97 Å². The van der Waals surface area contributed by atoms with E-state index in [0.29, 0.717) is 5.56 Å². The summed E-state index contributed by atoms with van der Waals surface area (Å²) in [5, 5.41) is 11.0. The molecule has 2 aromatic carbocycles. The Morgan fingerprint density at radius 2 is 2.00 bits per heavy atom. The summed E-state index contributed by atoms with van der Waals surface area (Å²) in [5.74, 6) is -0.877. The van der Waals surface area contributed by atoms with Gasteiger partial charge in [-0.1, -0.05) is 28.1 Å². The van der Waals surface area contributed by atoms with Gasteiger partial charge in [0.15, 0.2) is 0 Å². The minimum absolute atomic E-state index is 0.366. The van der Waals surface area contributed by atoms with Gasteiger partial charge in [0.05, 0.1) is 5.56 Å². The van der Waals surface area contributed by atoms with Gasteiger partial charge in [0.1, 0.15) is 0 Å². The van der Waals surface area contributed by atoms with Crippen LogP contribution in [0, 0.1) is 6.92 Å². The fourth-order valence-corrected chi connectivity index (χ4v) is 2.07. The fraction of sp³-hybridized carbons (Fsp3) is 0.0833. The molecule has 2 rings (SSSR count). The van der Waals surface area contributed by atoms with E-state index in [9.17, 15) is 4.79 Å². The number of halogens is 1.